The molecule has 0 fully saturated rings. The number of aryl methyl sites for hydroxylation is 2. The summed E-state index contributed by atoms with van der Waals surface area (Å²) < 4.78 is 10.8. The Bertz CT molecular complexity index is 1190. The SMILES string of the molecule is Cc1nc(-c2cc3ccc(OC(=O)CCc4ccccc4)cc3oc2=O)cs1. The lowest BCUT2D eigenvalue weighted by Gasteiger charge is -2.06. The number of esters is 1. The predicted octanol–water partition coefficient (Wildman–Crippen LogP) is 4.76. The molecular formula is C22H17NO4S. The van der Waals surface area contributed by atoms with Gasteiger partial charge in [-0.05, 0) is 37.1 Å². The lowest BCUT2D eigenvalue weighted by molar-refractivity contribution is -0.134. The van der Waals surface area contributed by atoms with Gasteiger partial charge in [-0.2, -0.15) is 0 Å². The number of hydrogen-bond donors (Lipinski definition) is 0. The predicted molar refractivity (Wildman–Crippen MR) is 109 cm³/mol. The van der Waals surface area contributed by atoms with Crippen LogP contribution in [0.4, 0.5) is 0 Å². The number of carbonyl (C=O) groups is 1. The molecule has 2 aromatic carbocycles. The summed E-state index contributed by atoms with van der Waals surface area (Å²) in [6.07, 6.45) is 0.882. The first kappa shape index (κ1) is 18.1. The second-order valence-electron chi connectivity index (χ2n) is 6.36. The second kappa shape index (κ2) is 7.78. The van der Waals surface area contributed by atoms with Crippen LogP contribution in [-0.2, 0) is 11.2 Å². The molecule has 2 aromatic heterocycles. The molecule has 4 aromatic rings. The normalized spacial score (nSPS) is 10.9. The van der Waals surface area contributed by atoms with Gasteiger partial charge in [-0.25, -0.2) is 9.78 Å². The van der Waals surface area contributed by atoms with Crippen molar-refractivity contribution in [2.24, 2.45) is 0 Å². The van der Waals surface area contributed by atoms with Crippen LogP contribution >= 0.6 is 11.3 Å². The minimum absolute atomic E-state index is 0.272. The maximum atomic E-state index is 12.3. The van der Waals surface area contributed by atoms with E-state index in [1.807, 2.05) is 42.6 Å². The summed E-state index contributed by atoms with van der Waals surface area (Å²) in [5.74, 6) is 0.0195. The van der Waals surface area contributed by atoms with E-state index in [9.17, 15) is 9.59 Å². The molecule has 0 radical (unpaired) electrons. The van der Waals surface area contributed by atoms with E-state index in [-0.39, 0.29) is 12.4 Å². The molecule has 5 nitrogen and oxygen atoms in total. The molecule has 0 spiro atoms. The Balaban J connectivity index is 1.51. The quantitative estimate of drug-likeness (QED) is 0.279. The van der Waals surface area contributed by atoms with Crippen molar-refractivity contribution in [3.05, 3.63) is 81.0 Å². The van der Waals surface area contributed by atoms with E-state index in [4.69, 9.17) is 9.15 Å². The van der Waals surface area contributed by atoms with Crippen LogP contribution < -0.4 is 10.4 Å². The van der Waals surface area contributed by atoms with Crippen LogP contribution in [0.1, 0.15) is 17.0 Å². The van der Waals surface area contributed by atoms with Gasteiger partial charge in [-0.1, -0.05) is 30.3 Å². The molecule has 4 rings (SSSR count). The highest BCUT2D eigenvalue weighted by molar-refractivity contribution is 7.09. The van der Waals surface area contributed by atoms with Crippen LogP contribution in [0.25, 0.3) is 22.2 Å². The third-order valence-corrected chi connectivity index (χ3v) is 5.07. The van der Waals surface area contributed by atoms with Crippen molar-refractivity contribution in [1.82, 2.24) is 4.98 Å². The van der Waals surface area contributed by atoms with Gasteiger partial charge in [0.25, 0.3) is 0 Å². The Morgan fingerprint density at radius 2 is 1.96 bits per heavy atom. The molecule has 0 N–H and O–H groups in total. The highest BCUT2D eigenvalue weighted by Crippen LogP contribution is 2.25. The summed E-state index contributed by atoms with van der Waals surface area (Å²) in [7, 11) is 0. The first-order valence-corrected chi connectivity index (χ1v) is 9.71. The number of rotatable bonds is 5. The van der Waals surface area contributed by atoms with Crippen molar-refractivity contribution >= 4 is 28.3 Å². The summed E-state index contributed by atoms with van der Waals surface area (Å²) >= 11 is 1.48. The van der Waals surface area contributed by atoms with Crippen molar-refractivity contribution in [2.45, 2.75) is 19.8 Å². The Labute approximate surface area is 165 Å². The van der Waals surface area contributed by atoms with Crippen LogP contribution in [0, 0.1) is 6.92 Å². The van der Waals surface area contributed by atoms with Gasteiger partial charge >= 0.3 is 11.6 Å². The van der Waals surface area contributed by atoms with E-state index < -0.39 is 5.63 Å². The monoisotopic (exact) mass is 391 g/mol. The molecule has 0 unspecified atom stereocenters. The minimum Gasteiger partial charge on any atom is -0.426 e. The van der Waals surface area contributed by atoms with Crippen LogP contribution in [0.5, 0.6) is 5.75 Å². The van der Waals surface area contributed by atoms with E-state index in [1.54, 1.807) is 24.3 Å². The van der Waals surface area contributed by atoms with Crippen LogP contribution in [-0.4, -0.2) is 11.0 Å². The van der Waals surface area contributed by atoms with Gasteiger partial charge in [0.05, 0.1) is 16.3 Å². The average Bonchev–Trinajstić information content (AvgIpc) is 3.12. The van der Waals surface area contributed by atoms with Gasteiger partial charge in [-0.3, -0.25) is 4.79 Å². The Morgan fingerprint density at radius 1 is 1.14 bits per heavy atom. The number of thiazole rings is 1. The van der Waals surface area contributed by atoms with Crippen LogP contribution in [0.15, 0.2) is 69.2 Å². The maximum Gasteiger partial charge on any atom is 0.345 e. The van der Waals surface area contributed by atoms with Crippen molar-refractivity contribution in [2.75, 3.05) is 0 Å². The Morgan fingerprint density at radius 3 is 2.71 bits per heavy atom. The fourth-order valence-electron chi connectivity index (χ4n) is 2.89. The van der Waals surface area contributed by atoms with Crippen molar-refractivity contribution in [3.63, 3.8) is 0 Å². The van der Waals surface area contributed by atoms with Crippen LogP contribution in [0.3, 0.4) is 0 Å². The van der Waals surface area contributed by atoms with E-state index >= 15 is 0 Å². The van der Waals surface area contributed by atoms with Crippen molar-refractivity contribution in [3.8, 4) is 17.0 Å². The topological polar surface area (TPSA) is 69.4 Å². The molecule has 0 atom stereocenters. The standard InChI is InChI=1S/C22H17NO4S/c1-14-23-19(13-28-14)18-11-16-8-9-17(12-20(16)27-22(18)25)26-21(24)10-7-15-5-3-2-4-6-15/h2-6,8-9,11-13H,7,10H2,1H3. The maximum absolute atomic E-state index is 12.3. The molecule has 0 aliphatic carbocycles. The lowest BCUT2D eigenvalue weighted by Crippen LogP contribution is -2.09. The highest BCUT2D eigenvalue weighted by atomic mass is 32.1. The summed E-state index contributed by atoms with van der Waals surface area (Å²) in [4.78, 5) is 28.8. The number of ether oxygens (including phenoxy) is 1. The smallest absolute Gasteiger partial charge is 0.345 e. The molecule has 0 aliphatic rings. The zero-order valence-corrected chi connectivity index (χ0v) is 16.0. The van der Waals surface area contributed by atoms with E-state index in [0.717, 1.165) is 16.0 Å². The molecule has 2 heterocycles. The van der Waals surface area contributed by atoms with E-state index in [2.05, 4.69) is 4.98 Å². The van der Waals surface area contributed by atoms with Gasteiger partial charge in [0.15, 0.2) is 0 Å². The van der Waals surface area contributed by atoms with Crippen molar-refractivity contribution in [1.29, 1.82) is 0 Å². The van der Waals surface area contributed by atoms with Crippen LogP contribution in [0.2, 0.25) is 0 Å². The lowest BCUT2D eigenvalue weighted by atomic mass is 10.1. The number of benzene rings is 2. The number of carbonyl (C=O) groups excluding carboxylic acids is 1. The molecule has 6 heteroatoms. The summed E-state index contributed by atoms with van der Waals surface area (Å²) in [6, 6.07) is 16.5. The highest BCUT2D eigenvalue weighted by Gasteiger charge is 2.12. The molecule has 28 heavy (non-hydrogen) atoms. The molecular weight excluding hydrogens is 374 g/mol. The molecule has 0 amide bonds. The second-order valence-corrected chi connectivity index (χ2v) is 7.42. The first-order chi connectivity index (χ1) is 13.6. The molecule has 140 valence electrons. The van der Waals surface area contributed by atoms with Crippen molar-refractivity contribution < 1.29 is 13.9 Å². The molecule has 0 saturated carbocycles. The third-order valence-electron chi connectivity index (χ3n) is 4.29. The van der Waals surface area contributed by atoms with Gasteiger partial charge in [0, 0.05) is 23.3 Å². The fourth-order valence-corrected chi connectivity index (χ4v) is 3.51. The Kier molecular flexibility index (Phi) is 5.04. The van der Waals surface area contributed by atoms with Gasteiger partial charge in [-0.15, -0.1) is 11.3 Å². The largest absolute Gasteiger partial charge is 0.426 e. The van der Waals surface area contributed by atoms with Gasteiger partial charge in [0.2, 0.25) is 0 Å². The van der Waals surface area contributed by atoms with Gasteiger partial charge < -0.3 is 9.15 Å². The third kappa shape index (κ3) is 4.02. The number of hydrogen-bond acceptors (Lipinski definition) is 6. The van der Waals surface area contributed by atoms with Gasteiger partial charge in [0.1, 0.15) is 11.3 Å². The summed E-state index contributed by atoms with van der Waals surface area (Å²) in [5, 5.41) is 3.45. The zero-order chi connectivity index (χ0) is 19.5. The molecule has 0 aliphatic heterocycles. The number of nitrogens with zero attached hydrogens (tertiary/aromatic N) is 1. The van der Waals surface area contributed by atoms with E-state index in [1.165, 1.54) is 11.3 Å². The fraction of sp³-hybridized carbons (Fsp3) is 0.136. The number of fused-ring (bicyclic) bond motifs is 1. The summed E-state index contributed by atoms with van der Waals surface area (Å²) in [5.41, 5.74) is 2.01. The first-order valence-electron chi connectivity index (χ1n) is 8.83. The summed E-state index contributed by atoms with van der Waals surface area (Å²) in [6.45, 7) is 1.88. The minimum atomic E-state index is -0.467. The Hall–Kier alpha value is -3.25. The molecule has 0 saturated heterocycles. The number of aromatic nitrogens is 1. The molecule has 0 bridgehead atoms. The zero-order valence-electron chi connectivity index (χ0n) is 15.2. The average molecular weight is 391 g/mol. The van der Waals surface area contributed by atoms with E-state index in [0.29, 0.717) is 29.0 Å².